The number of carbonyl (C=O) groups excluding carboxylic acids is 3. The Labute approximate surface area is 150 Å². The molecule has 0 saturated carbocycles. The van der Waals surface area contributed by atoms with E-state index in [4.69, 9.17) is 10.5 Å². The highest BCUT2D eigenvalue weighted by Crippen LogP contribution is 2.14. The van der Waals surface area contributed by atoms with E-state index in [2.05, 4.69) is 5.32 Å². The summed E-state index contributed by atoms with van der Waals surface area (Å²) in [6.45, 7) is 0.799. The van der Waals surface area contributed by atoms with Gasteiger partial charge in [-0.3, -0.25) is 9.59 Å². The lowest BCUT2D eigenvalue weighted by molar-refractivity contribution is -0.128. The van der Waals surface area contributed by atoms with Crippen molar-refractivity contribution in [1.82, 2.24) is 5.32 Å². The summed E-state index contributed by atoms with van der Waals surface area (Å²) in [5.41, 5.74) is 6.32. The Morgan fingerprint density at radius 1 is 1.15 bits per heavy atom. The standard InChI is InChI=1S/C19H19FN2O4/c1-12(23)17(9-13-5-3-2-4-6-13)22-18(24)11-26-19(25)15-8-7-14(20)10-16(15)21/h2-8,10,17H,9,11,21H2,1H3,(H,22,24)/t17-/m0/s1. The third-order valence-electron chi connectivity index (χ3n) is 3.68. The van der Waals surface area contributed by atoms with Crippen LogP contribution in [0.3, 0.4) is 0 Å². The summed E-state index contributed by atoms with van der Waals surface area (Å²) in [4.78, 5) is 35.7. The predicted octanol–water partition coefficient (Wildman–Crippen LogP) is 1.88. The fourth-order valence-corrected chi connectivity index (χ4v) is 2.31. The monoisotopic (exact) mass is 358 g/mol. The number of hydrogen-bond donors (Lipinski definition) is 2. The van der Waals surface area contributed by atoms with Crippen LogP contribution in [0, 0.1) is 5.82 Å². The zero-order valence-corrected chi connectivity index (χ0v) is 14.2. The van der Waals surface area contributed by atoms with Gasteiger partial charge < -0.3 is 15.8 Å². The van der Waals surface area contributed by atoms with Crippen LogP contribution >= 0.6 is 0 Å². The molecule has 0 spiro atoms. The number of carbonyl (C=O) groups is 3. The van der Waals surface area contributed by atoms with Gasteiger partial charge in [-0.15, -0.1) is 0 Å². The normalized spacial score (nSPS) is 11.5. The first-order chi connectivity index (χ1) is 12.4. The molecule has 1 atom stereocenters. The lowest BCUT2D eigenvalue weighted by atomic mass is 10.0. The van der Waals surface area contributed by atoms with Crippen molar-refractivity contribution in [2.45, 2.75) is 19.4 Å². The molecule has 0 fully saturated rings. The van der Waals surface area contributed by atoms with Crippen molar-refractivity contribution in [2.24, 2.45) is 0 Å². The molecule has 6 nitrogen and oxygen atoms in total. The molecule has 0 aliphatic rings. The molecule has 136 valence electrons. The maximum absolute atomic E-state index is 13.0. The van der Waals surface area contributed by atoms with Gasteiger partial charge in [0.1, 0.15) is 5.82 Å². The van der Waals surface area contributed by atoms with Crippen LogP contribution in [0.25, 0.3) is 0 Å². The Morgan fingerprint density at radius 2 is 1.85 bits per heavy atom. The van der Waals surface area contributed by atoms with Crippen LogP contribution in [-0.4, -0.2) is 30.3 Å². The quantitative estimate of drug-likeness (QED) is 0.582. The molecule has 0 radical (unpaired) electrons. The number of nitrogens with one attached hydrogen (secondary N) is 1. The zero-order chi connectivity index (χ0) is 19.1. The van der Waals surface area contributed by atoms with Crippen molar-refractivity contribution in [3.63, 3.8) is 0 Å². The third-order valence-corrected chi connectivity index (χ3v) is 3.68. The number of Topliss-reactive ketones (excluding diaryl/α,β-unsaturated/α-hetero) is 1. The van der Waals surface area contributed by atoms with Gasteiger partial charge in [-0.1, -0.05) is 30.3 Å². The molecule has 0 saturated heterocycles. The molecule has 0 aromatic heterocycles. The molecule has 0 heterocycles. The molecular formula is C19H19FN2O4. The summed E-state index contributed by atoms with van der Waals surface area (Å²) < 4.78 is 17.9. The maximum atomic E-state index is 13.0. The van der Waals surface area contributed by atoms with Crippen LogP contribution in [-0.2, 0) is 20.7 Å². The minimum atomic E-state index is -0.847. The minimum Gasteiger partial charge on any atom is -0.452 e. The average molecular weight is 358 g/mol. The minimum absolute atomic E-state index is 0.0356. The maximum Gasteiger partial charge on any atom is 0.340 e. The van der Waals surface area contributed by atoms with Crippen molar-refractivity contribution in [1.29, 1.82) is 0 Å². The first-order valence-corrected chi connectivity index (χ1v) is 7.92. The van der Waals surface area contributed by atoms with Gasteiger partial charge in [-0.25, -0.2) is 9.18 Å². The number of esters is 1. The molecule has 0 unspecified atom stereocenters. The highest BCUT2D eigenvalue weighted by Gasteiger charge is 2.19. The molecule has 1 amide bonds. The fourth-order valence-electron chi connectivity index (χ4n) is 2.31. The van der Waals surface area contributed by atoms with Gasteiger partial charge in [0.25, 0.3) is 5.91 Å². The first kappa shape index (κ1) is 19.1. The topological polar surface area (TPSA) is 98.5 Å². The number of amides is 1. The summed E-state index contributed by atoms with van der Waals surface area (Å²) in [6.07, 6.45) is 0.334. The van der Waals surface area contributed by atoms with E-state index in [-0.39, 0.29) is 17.0 Å². The SMILES string of the molecule is CC(=O)[C@H](Cc1ccccc1)NC(=O)COC(=O)c1ccc(F)cc1N. The highest BCUT2D eigenvalue weighted by atomic mass is 19.1. The van der Waals surface area contributed by atoms with E-state index in [0.29, 0.717) is 6.42 Å². The van der Waals surface area contributed by atoms with Crippen LogP contribution in [0.5, 0.6) is 0 Å². The Kier molecular flexibility index (Phi) is 6.43. The molecule has 2 aromatic carbocycles. The van der Waals surface area contributed by atoms with E-state index in [1.807, 2.05) is 30.3 Å². The summed E-state index contributed by atoms with van der Waals surface area (Å²) >= 11 is 0. The lowest BCUT2D eigenvalue weighted by Gasteiger charge is -2.16. The molecule has 2 aromatic rings. The van der Waals surface area contributed by atoms with Crippen LogP contribution in [0.15, 0.2) is 48.5 Å². The van der Waals surface area contributed by atoms with Crippen LogP contribution in [0.1, 0.15) is 22.8 Å². The van der Waals surface area contributed by atoms with Crippen molar-refractivity contribution >= 4 is 23.3 Å². The van der Waals surface area contributed by atoms with Crippen molar-refractivity contribution in [3.05, 3.63) is 65.5 Å². The van der Waals surface area contributed by atoms with Crippen LogP contribution < -0.4 is 11.1 Å². The number of ketones is 1. The largest absolute Gasteiger partial charge is 0.452 e. The third kappa shape index (κ3) is 5.41. The number of rotatable bonds is 7. The van der Waals surface area contributed by atoms with E-state index in [1.165, 1.54) is 13.0 Å². The first-order valence-electron chi connectivity index (χ1n) is 7.92. The van der Waals surface area contributed by atoms with E-state index in [1.54, 1.807) is 0 Å². The zero-order valence-electron chi connectivity index (χ0n) is 14.2. The molecule has 0 aliphatic heterocycles. The van der Waals surface area contributed by atoms with Crippen molar-refractivity contribution in [2.75, 3.05) is 12.3 Å². The molecule has 3 N–H and O–H groups in total. The van der Waals surface area contributed by atoms with Gasteiger partial charge in [-0.2, -0.15) is 0 Å². The number of benzene rings is 2. The second kappa shape index (κ2) is 8.75. The summed E-state index contributed by atoms with van der Waals surface area (Å²) in [7, 11) is 0. The number of nitrogen functional groups attached to an aromatic ring is 1. The summed E-state index contributed by atoms with van der Waals surface area (Å²) in [5, 5.41) is 2.54. The summed E-state index contributed by atoms with van der Waals surface area (Å²) in [6, 6.07) is 11.7. The molecule has 7 heteroatoms. The van der Waals surface area contributed by atoms with E-state index in [0.717, 1.165) is 17.7 Å². The van der Waals surface area contributed by atoms with Gasteiger partial charge in [0.2, 0.25) is 0 Å². The Balaban J connectivity index is 1.91. The molecular weight excluding hydrogens is 339 g/mol. The Morgan fingerprint density at radius 3 is 2.46 bits per heavy atom. The van der Waals surface area contributed by atoms with E-state index >= 15 is 0 Å². The highest BCUT2D eigenvalue weighted by molar-refractivity contribution is 5.96. The Hall–Kier alpha value is -3.22. The van der Waals surface area contributed by atoms with Gasteiger partial charge in [-0.05, 0) is 37.1 Å². The number of ether oxygens (including phenoxy) is 1. The van der Waals surface area contributed by atoms with Gasteiger partial charge in [0.05, 0.1) is 11.6 Å². The lowest BCUT2D eigenvalue weighted by Crippen LogP contribution is -2.43. The smallest absolute Gasteiger partial charge is 0.340 e. The second-order valence-electron chi connectivity index (χ2n) is 5.73. The van der Waals surface area contributed by atoms with Gasteiger partial charge >= 0.3 is 5.97 Å². The number of halogens is 1. The fraction of sp³-hybridized carbons (Fsp3) is 0.211. The predicted molar refractivity (Wildman–Crippen MR) is 93.9 cm³/mol. The Bertz CT molecular complexity index is 808. The molecule has 2 rings (SSSR count). The van der Waals surface area contributed by atoms with Gasteiger partial charge in [0, 0.05) is 5.69 Å². The molecule has 26 heavy (non-hydrogen) atoms. The molecule has 0 bridgehead atoms. The van der Waals surface area contributed by atoms with Crippen LogP contribution in [0.4, 0.5) is 10.1 Å². The van der Waals surface area contributed by atoms with Crippen molar-refractivity contribution in [3.8, 4) is 0 Å². The number of hydrogen-bond acceptors (Lipinski definition) is 5. The van der Waals surface area contributed by atoms with Crippen LogP contribution in [0.2, 0.25) is 0 Å². The van der Waals surface area contributed by atoms with E-state index in [9.17, 15) is 18.8 Å². The number of anilines is 1. The van der Waals surface area contributed by atoms with Crippen molar-refractivity contribution < 1.29 is 23.5 Å². The molecule has 0 aliphatic carbocycles. The van der Waals surface area contributed by atoms with E-state index < -0.39 is 30.3 Å². The average Bonchev–Trinajstić information content (AvgIpc) is 2.60. The van der Waals surface area contributed by atoms with Gasteiger partial charge in [0.15, 0.2) is 12.4 Å². The second-order valence-corrected chi connectivity index (χ2v) is 5.73. The number of nitrogens with two attached hydrogens (primary N) is 1. The summed E-state index contributed by atoms with van der Waals surface area (Å²) in [5.74, 6) is -2.26.